The standard InChI is InChI=1S/C12H24N2O/c1-10(9-13)11(15)14-7-4-5-12(2,3)6-8-14/h10H,4-9,13H2,1-3H3. The quantitative estimate of drug-likeness (QED) is 0.756. The highest BCUT2D eigenvalue weighted by Gasteiger charge is 2.26. The summed E-state index contributed by atoms with van der Waals surface area (Å²) in [6.07, 6.45) is 3.44. The van der Waals surface area contributed by atoms with Crippen LogP contribution in [0.1, 0.15) is 40.0 Å². The van der Waals surface area contributed by atoms with E-state index in [4.69, 9.17) is 5.73 Å². The van der Waals surface area contributed by atoms with Crippen LogP contribution in [-0.4, -0.2) is 30.4 Å². The summed E-state index contributed by atoms with van der Waals surface area (Å²) < 4.78 is 0. The molecule has 1 amide bonds. The van der Waals surface area contributed by atoms with E-state index in [1.54, 1.807) is 0 Å². The van der Waals surface area contributed by atoms with Gasteiger partial charge in [0.05, 0.1) is 0 Å². The summed E-state index contributed by atoms with van der Waals surface area (Å²) in [7, 11) is 0. The largest absolute Gasteiger partial charge is 0.342 e. The number of hydrogen-bond acceptors (Lipinski definition) is 2. The third kappa shape index (κ3) is 3.49. The average Bonchev–Trinajstić information content (AvgIpc) is 2.37. The molecule has 0 saturated carbocycles. The Bertz CT molecular complexity index is 226. The van der Waals surface area contributed by atoms with Gasteiger partial charge in [-0.3, -0.25) is 4.79 Å². The van der Waals surface area contributed by atoms with Crippen molar-refractivity contribution in [3.8, 4) is 0 Å². The lowest BCUT2D eigenvalue weighted by atomic mass is 9.85. The molecule has 0 radical (unpaired) electrons. The number of nitrogens with zero attached hydrogens (tertiary/aromatic N) is 1. The maximum atomic E-state index is 11.9. The molecule has 0 spiro atoms. The molecule has 3 nitrogen and oxygen atoms in total. The predicted octanol–water partition coefficient (Wildman–Crippen LogP) is 1.62. The number of amides is 1. The fraction of sp³-hybridized carbons (Fsp3) is 0.917. The van der Waals surface area contributed by atoms with E-state index in [0.29, 0.717) is 12.0 Å². The van der Waals surface area contributed by atoms with Crippen molar-refractivity contribution in [2.45, 2.75) is 40.0 Å². The van der Waals surface area contributed by atoms with E-state index < -0.39 is 0 Å². The fourth-order valence-corrected chi connectivity index (χ4v) is 2.06. The highest BCUT2D eigenvalue weighted by atomic mass is 16.2. The average molecular weight is 212 g/mol. The molecule has 0 aromatic carbocycles. The highest BCUT2D eigenvalue weighted by Crippen LogP contribution is 2.30. The second kappa shape index (κ2) is 4.97. The Kier molecular flexibility index (Phi) is 4.14. The number of hydrogen-bond donors (Lipinski definition) is 1. The molecule has 1 heterocycles. The van der Waals surface area contributed by atoms with Crippen molar-refractivity contribution >= 4 is 5.91 Å². The lowest BCUT2D eigenvalue weighted by molar-refractivity contribution is -0.134. The van der Waals surface area contributed by atoms with Gasteiger partial charge in [0.2, 0.25) is 5.91 Å². The SMILES string of the molecule is CC(CN)C(=O)N1CCCC(C)(C)CC1. The summed E-state index contributed by atoms with van der Waals surface area (Å²) in [5.74, 6) is 0.210. The molecule has 3 heteroatoms. The van der Waals surface area contributed by atoms with Crippen LogP contribution in [0.2, 0.25) is 0 Å². The van der Waals surface area contributed by atoms with Crippen LogP contribution in [0.5, 0.6) is 0 Å². The third-order valence-electron chi connectivity index (χ3n) is 3.43. The summed E-state index contributed by atoms with van der Waals surface area (Å²) in [5.41, 5.74) is 5.91. The molecule has 1 saturated heterocycles. The molecule has 1 unspecified atom stereocenters. The zero-order chi connectivity index (χ0) is 11.5. The first-order valence-corrected chi connectivity index (χ1v) is 5.95. The molecule has 1 fully saturated rings. The molecule has 1 rings (SSSR count). The van der Waals surface area contributed by atoms with Crippen LogP contribution in [0.4, 0.5) is 0 Å². The first kappa shape index (κ1) is 12.5. The maximum Gasteiger partial charge on any atom is 0.226 e. The van der Waals surface area contributed by atoms with Gasteiger partial charge in [-0.05, 0) is 24.7 Å². The van der Waals surface area contributed by atoms with Gasteiger partial charge in [0, 0.05) is 25.6 Å². The second-order valence-corrected chi connectivity index (χ2v) is 5.48. The summed E-state index contributed by atoms with van der Waals surface area (Å²) in [4.78, 5) is 13.9. The Morgan fingerprint density at radius 3 is 2.67 bits per heavy atom. The molecule has 1 atom stereocenters. The van der Waals surface area contributed by atoms with Gasteiger partial charge >= 0.3 is 0 Å². The van der Waals surface area contributed by atoms with Crippen molar-refractivity contribution < 1.29 is 4.79 Å². The van der Waals surface area contributed by atoms with E-state index in [0.717, 1.165) is 25.9 Å². The maximum absolute atomic E-state index is 11.9. The Hall–Kier alpha value is -0.570. The molecule has 0 aromatic rings. The van der Waals surface area contributed by atoms with Gasteiger partial charge in [-0.25, -0.2) is 0 Å². The van der Waals surface area contributed by atoms with Gasteiger partial charge in [0.1, 0.15) is 0 Å². The van der Waals surface area contributed by atoms with E-state index in [2.05, 4.69) is 13.8 Å². The van der Waals surface area contributed by atoms with Gasteiger partial charge in [0.15, 0.2) is 0 Å². The Labute approximate surface area is 93.0 Å². The topological polar surface area (TPSA) is 46.3 Å². The summed E-state index contributed by atoms with van der Waals surface area (Å²) in [6, 6.07) is 0. The second-order valence-electron chi connectivity index (χ2n) is 5.48. The molecule has 15 heavy (non-hydrogen) atoms. The van der Waals surface area contributed by atoms with Crippen LogP contribution >= 0.6 is 0 Å². The van der Waals surface area contributed by atoms with E-state index in [-0.39, 0.29) is 11.8 Å². The van der Waals surface area contributed by atoms with E-state index in [1.165, 1.54) is 6.42 Å². The number of carbonyl (C=O) groups is 1. The molecular weight excluding hydrogens is 188 g/mol. The Balaban J connectivity index is 2.54. The molecule has 1 aliphatic heterocycles. The van der Waals surface area contributed by atoms with E-state index in [9.17, 15) is 4.79 Å². The summed E-state index contributed by atoms with van der Waals surface area (Å²) >= 11 is 0. The normalized spacial score (nSPS) is 23.3. The van der Waals surface area contributed by atoms with Crippen LogP contribution < -0.4 is 5.73 Å². The van der Waals surface area contributed by atoms with Gasteiger partial charge in [-0.1, -0.05) is 20.8 Å². The van der Waals surface area contributed by atoms with Crippen LogP contribution in [0.3, 0.4) is 0 Å². The minimum absolute atomic E-state index is 0.0220. The zero-order valence-electron chi connectivity index (χ0n) is 10.3. The smallest absolute Gasteiger partial charge is 0.226 e. The number of likely N-dealkylation sites (tertiary alicyclic amines) is 1. The molecular formula is C12H24N2O. The highest BCUT2D eigenvalue weighted by molar-refractivity contribution is 5.78. The summed E-state index contributed by atoms with van der Waals surface area (Å²) in [5, 5.41) is 0. The van der Waals surface area contributed by atoms with E-state index in [1.807, 2.05) is 11.8 Å². The number of carbonyl (C=O) groups excluding carboxylic acids is 1. The molecule has 0 aromatic heterocycles. The first-order valence-electron chi connectivity index (χ1n) is 5.95. The van der Waals surface area contributed by atoms with Gasteiger partial charge in [-0.15, -0.1) is 0 Å². The molecule has 1 aliphatic rings. The Morgan fingerprint density at radius 2 is 2.07 bits per heavy atom. The van der Waals surface area contributed by atoms with Crippen molar-refractivity contribution in [2.75, 3.05) is 19.6 Å². The van der Waals surface area contributed by atoms with Crippen LogP contribution in [0.25, 0.3) is 0 Å². The van der Waals surface area contributed by atoms with Crippen molar-refractivity contribution in [3.63, 3.8) is 0 Å². The van der Waals surface area contributed by atoms with Crippen LogP contribution in [0.15, 0.2) is 0 Å². The molecule has 2 N–H and O–H groups in total. The zero-order valence-corrected chi connectivity index (χ0v) is 10.3. The van der Waals surface area contributed by atoms with Crippen molar-refractivity contribution in [2.24, 2.45) is 17.1 Å². The van der Waals surface area contributed by atoms with Gasteiger partial charge in [-0.2, -0.15) is 0 Å². The summed E-state index contributed by atoms with van der Waals surface area (Å²) in [6.45, 7) is 8.75. The molecule has 88 valence electrons. The predicted molar refractivity (Wildman–Crippen MR) is 62.4 cm³/mol. The fourth-order valence-electron chi connectivity index (χ4n) is 2.06. The lowest BCUT2D eigenvalue weighted by Gasteiger charge is -2.25. The number of nitrogens with two attached hydrogens (primary N) is 1. The van der Waals surface area contributed by atoms with Gasteiger partial charge in [0.25, 0.3) is 0 Å². The van der Waals surface area contributed by atoms with Crippen molar-refractivity contribution in [1.29, 1.82) is 0 Å². The van der Waals surface area contributed by atoms with Crippen LogP contribution in [0, 0.1) is 11.3 Å². The van der Waals surface area contributed by atoms with Crippen LogP contribution in [-0.2, 0) is 4.79 Å². The molecule has 0 bridgehead atoms. The van der Waals surface area contributed by atoms with Crippen molar-refractivity contribution in [1.82, 2.24) is 4.90 Å². The van der Waals surface area contributed by atoms with Crippen molar-refractivity contribution in [3.05, 3.63) is 0 Å². The minimum atomic E-state index is -0.0220. The third-order valence-corrected chi connectivity index (χ3v) is 3.43. The first-order chi connectivity index (χ1) is 6.96. The lowest BCUT2D eigenvalue weighted by Crippen LogP contribution is -2.38. The minimum Gasteiger partial charge on any atom is -0.342 e. The van der Waals surface area contributed by atoms with E-state index >= 15 is 0 Å². The molecule has 0 aliphatic carbocycles. The number of rotatable bonds is 2. The van der Waals surface area contributed by atoms with Gasteiger partial charge < -0.3 is 10.6 Å². The monoisotopic (exact) mass is 212 g/mol. The Morgan fingerprint density at radius 1 is 1.40 bits per heavy atom.